The van der Waals surface area contributed by atoms with E-state index < -0.39 is 6.09 Å². The van der Waals surface area contributed by atoms with Crippen LogP contribution < -0.4 is 0 Å². The van der Waals surface area contributed by atoms with Crippen LogP contribution in [-0.2, 0) is 4.74 Å². The number of hydrogen-bond acceptors (Lipinski definition) is 3. The van der Waals surface area contributed by atoms with Crippen molar-refractivity contribution < 1.29 is 9.53 Å². The van der Waals surface area contributed by atoms with E-state index in [1.54, 1.807) is 0 Å². The van der Waals surface area contributed by atoms with Crippen LogP contribution >= 0.6 is 11.8 Å². The van der Waals surface area contributed by atoms with Crippen molar-refractivity contribution in [3.8, 4) is 0 Å². The van der Waals surface area contributed by atoms with Crippen molar-refractivity contribution in [3.63, 3.8) is 0 Å². The first-order valence-electron chi connectivity index (χ1n) is 3.38. The zero-order valence-electron chi connectivity index (χ0n) is 6.58. The predicted molar refractivity (Wildman–Crippen MR) is 41.4 cm³/mol. The van der Waals surface area contributed by atoms with Gasteiger partial charge >= 0.3 is 6.09 Å². The number of halogens is 1. The summed E-state index contributed by atoms with van der Waals surface area (Å²) in [5.41, 5.74) is 0. The quantitative estimate of drug-likeness (QED) is 0.578. The molecule has 1 saturated heterocycles. The second-order valence-corrected chi connectivity index (χ2v) is 3.22. The molecule has 0 spiro atoms. The molecule has 0 aromatic heterocycles. The average Bonchev–Trinajstić information content (AvgIpc) is 2.10. The molecule has 1 amide bonds. The maximum absolute atomic E-state index is 10.7. The molecule has 0 bridgehead atoms. The number of ether oxygens (including phenoxy) is 1. The molecule has 5 heteroatoms. The number of carbonyl (C=O) groups is 1. The van der Waals surface area contributed by atoms with Gasteiger partial charge in [0.1, 0.15) is 6.10 Å². The highest BCUT2D eigenvalue weighted by molar-refractivity contribution is 6.20. The van der Waals surface area contributed by atoms with Gasteiger partial charge in [0.2, 0.25) is 0 Å². The maximum Gasteiger partial charge on any atom is 0.425 e. The molecule has 1 fully saturated rings. The molecule has 4 nitrogen and oxygen atoms in total. The third-order valence-electron chi connectivity index (χ3n) is 1.40. The van der Waals surface area contributed by atoms with Gasteiger partial charge in [-0.15, -0.1) is 0 Å². The summed E-state index contributed by atoms with van der Waals surface area (Å²) in [6, 6.07) is 0. The highest BCUT2D eigenvalue weighted by Gasteiger charge is 2.30. The molecule has 1 aliphatic rings. The van der Waals surface area contributed by atoms with Gasteiger partial charge in [-0.1, -0.05) is 0 Å². The average molecular weight is 179 g/mol. The van der Waals surface area contributed by atoms with Crippen molar-refractivity contribution in [3.05, 3.63) is 0 Å². The Morgan fingerprint density at radius 2 is 2.45 bits per heavy atom. The lowest BCUT2D eigenvalue weighted by molar-refractivity contribution is 0.121. The van der Waals surface area contributed by atoms with E-state index >= 15 is 0 Å². The molecule has 0 N–H and O–H groups in total. The summed E-state index contributed by atoms with van der Waals surface area (Å²) in [6.07, 6.45) is -0.534. The maximum atomic E-state index is 10.7. The minimum absolute atomic E-state index is 0.0880. The van der Waals surface area contributed by atoms with Gasteiger partial charge in [-0.2, -0.15) is 0 Å². The fourth-order valence-electron chi connectivity index (χ4n) is 0.993. The van der Waals surface area contributed by atoms with Crippen LogP contribution in [0.25, 0.3) is 0 Å². The third-order valence-corrected chi connectivity index (χ3v) is 1.67. The van der Waals surface area contributed by atoms with Gasteiger partial charge in [-0.25, -0.2) is 9.21 Å². The Hall–Kier alpha value is -0.480. The van der Waals surface area contributed by atoms with Crippen LogP contribution in [0, 0.1) is 0 Å². The first-order valence-corrected chi connectivity index (χ1v) is 3.72. The van der Waals surface area contributed by atoms with E-state index in [-0.39, 0.29) is 6.10 Å². The number of cyclic esters (lactones) is 1. The fourth-order valence-corrected chi connectivity index (χ4v) is 1.19. The summed E-state index contributed by atoms with van der Waals surface area (Å²) in [4.78, 5) is 12.7. The molecular formula is C6H11ClN2O2. The molecule has 0 saturated carbocycles. The Labute approximate surface area is 70.8 Å². The molecule has 11 heavy (non-hydrogen) atoms. The molecule has 1 heterocycles. The summed E-state index contributed by atoms with van der Waals surface area (Å²) in [6.45, 7) is 1.19. The molecule has 0 aromatic rings. The topological polar surface area (TPSA) is 32.8 Å². The van der Waals surface area contributed by atoms with Crippen molar-refractivity contribution >= 4 is 17.9 Å². The third kappa shape index (κ3) is 2.24. The second kappa shape index (κ2) is 3.28. The number of likely N-dealkylation sites (N-methyl/N-ethyl adjacent to an activating group) is 1. The van der Waals surface area contributed by atoms with Gasteiger partial charge in [0.15, 0.2) is 0 Å². The smallest absolute Gasteiger partial charge is 0.425 e. The van der Waals surface area contributed by atoms with Crippen molar-refractivity contribution in [1.82, 2.24) is 9.32 Å². The summed E-state index contributed by atoms with van der Waals surface area (Å²) >= 11 is 5.48. The van der Waals surface area contributed by atoms with E-state index in [0.717, 1.165) is 11.0 Å². The van der Waals surface area contributed by atoms with Crippen LogP contribution in [0.4, 0.5) is 4.79 Å². The number of hydrogen-bond donors (Lipinski definition) is 0. The van der Waals surface area contributed by atoms with E-state index in [2.05, 4.69) is 0 Å². The molecule has 0 aromatic carbocycles. The molecule has 0 radical (unpaired) electrons. The van der Waals surface area contributed by atoms with E-state index in [1.165, 1.54) is 0 Å². The van der Waals surface area contributed by atoms with Crippen LogP contribution in [0.3, 0.4) is 0 Å². The second-order valence-electron chi connectivity index (χ2n) is 2.81. The Morgan fingerprint density at radius 1 is 1.82 bits per heavy atom. The number of amides is 1. The molecule has 1 rings (SSSR count). The zero-order valence-corrected chi connectivity index (χ0v) is 7.34. The monoisotopic (exact) mass is 178 g/mol. The molecule has 0 aliphatic carbocycles. The van der Waals surface area contributed by atoms with Crippen LogP contribution in [0.2, 0.25) is 0 Å². The lowest BCUT2D eigenvalue weighted by Gasteiger charge is -2.13. The molecule has 64 valence electrons. The summed E-state index contributed by atoms with van der Waals surface area (Å²) in [7, 11) is 3.84. The van der Waals surface area contributed by atoms with Crippen molar-refractivity contribution in [1.29, 1.82) is 0 Å². The number of nitrogens with zero attached hydrogens (tertiary/aromatic N) is 2. The first-order chi connectivity index (χ1) is 5.09. The summed E-state index contributed by atoms with van der Waals surface area (Å²) in [5.74, 6) is 0. The van der Waals surface area contributed by atoms with Gasteiger partial charge < -0.3 is 9.64 Å². The minimum Gasteiger partial charge on any atom is -0.442 e. The number of rotatable bonds is 2. The molecular weight excluding hydrogens is 168 g/mol. The van der Waals surface area contributed by atoms with Gasteiger partial charge in [0.05, 0.1) is 6.54 Å². The van der Waals surface area contributed by atoms with Gasteiger partial charge in [0.25, 0.3) is 0 Å². The van der Waals surface area contributed by atoms with Gasteiger partial charge in [0, 0.05) is 18.3 Å². The molecule has 1 aliphatic heterocycles. The number of carbonyl (C=O) groups excluding carboxylic acids is 1. The standard InChI is InChI=1S/C6H11ClN2O2/c1-8(2)3-5-4-9(7)6(10)11-5/h5H,3-4H2,1-2H3. The van der Waals surface area contributed by atoms with Crippen molar-refractivity contribution in [2.24, 2.45) is 0 Å². The Morgan fingerprint density at radius 3 is 2.82 bits per heavy atom. The highest BCUT2D eigenvalue weighted by Crippen LogP contribution is 2.13. The van der Waals surface area contributed by atoms with Crippen LogP contribution in [0.1, 0.15) is 0 Å². The van der Waals surface area contributed by atoms with E-state index in [9.17, 15) is 4.79 Å². The summed E-state index contributed by atoms with van der Waals surface area (Å²) in [5, 5.41) is 0. The minimum atomic E-state index is -0.446. The summed E-state index contributed by atoms with van der Waals surface area (Å²) < 4.78 is 5.96. The molecule has 1 atom stereocenters. The van der Waals surface area contributed by atoms with Gasteiger partial charge in [-0.3, -0.25) is 0 Å². The van der Waals surface area contributed by atoms with E-state index in [1.807, 2.05) is 19.0 Å². The van der Waals surface area contributed by atoms with Crippen LogP contribution in [0.5, 0.6) is 0 Å². The van der Waals surface area contributed by atoms with Crippen molar-refractivity contribution in [2.45, 2.75) is 6.10 Å². The Bertz CT molecular complexity index is 163. The Balaban J connectivity index is 2.35. The van der Waals surface area contributed by atoms with Crippen LogP contribution in [-0.4, -0.2) is 48.7 Å². The largest absolute Gasteiger partial charge is 0.442 e. The zero-order chi connectivity index (χ0) is 8.43. The van der Waals surface area contributed by atoms with Crippen LogP contribution in [0.15, 0.2) is 0 Å². The normalized spacial score (nSPS) is 24.5. The van der Waals surface area contributed by atoms with Crippen molar-refractivity contribution in [2.75, 3.05) is 27.2 Å². The van der Waals surface area contributed by atoms with E-state index in [4.69, 9.17) is 16.5 Å². The molecule has 1 unspecified atom stereocenters. The Kier molecular flexibility index (Phi) is 2.57. The predicted octanol–water partition coefficient (Wildman–Crippen LogP) is 0.523. The van der Waals surface area contributed by atoms with Gasteiger partial charge in [-0.05, 0) is 14.1 Å². The lowest BCUT2D eigenvalue weighted by atomic mass is 10.3. The first kappa shape index (κ1) is 8.62. The highest BCUT2D eigenvalue weighted by atomic mass is 35.5. The van der Waals surface area contributed by atoms with E-state index in [0.29, 0.717) is 6.54 Å². The lowest BCUT2D eigenvalue weighted by Crippen LogP contribution is -2.28. The SMILES string of the molecule is CN(C)CC1CN(Cl)C(=O)O1. The fraction of sp³-hybridized carbons (Fsp3) is 0.833.